The summed E-state index contributed by atoms with van der Waals surface area (Å²) >= 11 is 0. The molecule has 0 radical (unpaired) electrons. The van der Waals surface area contributed by atoms with E-state index in [1.165, 1.54) is 0 Å². The zero-order valence-electron chi connectivity index (χ0n) is 10.1. The largest absolute Gasteiger partial charge is 0.493 e. The van der Waals surface area contributed by atoms with Crippen molar-refractivity contribution in [3.05, 3.63) is 24.3 Å². The third kappa shape index (κ3) is 3.96. The Kier molecular flexibility index (Phi) is 5.29. The quantitative estimate of drug-likeness (QED) is 0.758. The summed E-state index contributed by atoms with van der Waals surface area (Å²) in [7, 11) is 1.56. The summed E-state index contributed by atoms with van der Waals surface area (Å²) in [6.07, 6.45) is -0.585. The van der Waals surface area contributed by atoms with Gasteiger partial charge in [-0.15, -0.1) is 0 Å². The molecule has 1 amide bonds. The van der Waals surface area contributed by atoms with Gasteiger partial charge < -0.3 is 20.5 Å². The van der Waals surface area contributed by atoms with Crippen LogP contribution in [-0.4, -0.2) is 32.2 Å². The lowest BCUT2D eigenvalue weighted by Gasteiger charge is -2.16. The highest BCUT2D eigenvalue weighted by atomic mass is 16.5. The van der Waals surface area contributed by atoms with Crippen molar-refractivity contribution in [1.82, 2.24) is 5.32 Å². The topological polar surface area (TPSA) is 73.6 Å². The summed E-state index contributed by atoms with van der Waals surface area (Å²) in [4.78, 5) is 11.6. The Balaban J connectivity index is 2.60. The summed E-state index contributed by atoms with van der Waals surface area (Å²) in [5.74, 6) is 0.956. The number of amides is 1. The van der Waals surface area contributed by atoms with Crippen molar-refractivity contribution < 1.29 is 14.3 Å². The predicted octanol–water partition coefficient (Wildman–Crippen LogP) is 0.537. The van der Waals surface area contributed by atoms with E-state index in [1.807, 2.05) is 12.1 Å². The van der Waals surface area contributed by atoms with Crippen LogP contribution >= 0.6 is 0 Å². The van der Waals surface area contributed by atoms with Gasteiger partial charge in [-0.25, -0.2) is 0 Å². The number of ether oxygens (including phenoxy) is 2. The number of hydrogen-bond acceptors (Lipinski definition) is 4. The SMILES string of the molecule is COc1ccccc1OC(C)C(=O)NCCN. The number of rotatable bonds is 6. The molecule has 0 saturated heterocycles. The number of nitrogens with two attached hydrogens (primary N) is 1. The Morgan fingerprint density at radius 3 is 2.65 bits per heavy atom. The first kappa shape index (κ1) is 13.3. The molecule has 0 fully saturated rings. The molecule has 3 N–H and O–H groups in total. The van der Waals surface area contributed by atoms with Crippen molar-refractivity contribution in [1.29, 1.82) is 0 Å². The second-order valence-electron chi connectivity index (χ2n) is 3.49. The first-order chi connectivity index (χ1) is 8.19. The van der Waals surface area contributed by atoms with Gasteiger partial charge in [-0.05, 0) is 19.1 Å². The highest BCUT2D eigenvalue weighted by Crippen LogP contribution is 2.26. The molecule has 1 aromatic rings. The van der Waals surface area contributed by atoms with Gasteiger partial charge in [0.1, 0.15) is 0 Å². The number of methoxy groups -OCH3 is 1. The molecule has 1 aromatic carbocycles. The zero-order valence-corrected chi connectivity index (χ0v) is 10.1. The van der Waals surface area contributed by atoms with E-state index >= 15 is 0 Å². The van der Waals surface area contributed by atoms with Crippen LogP contribution in [0.25, 0.3) is 0 Å². The third-order valence-electron chi connectivity index (χ3n) is 2.19. The van der Waals surface area contributed by atoms with Crippen LogP contribution in [0.15, 0.2) is 24.3 Å². The van der Waals surface area contributed by atoms with Crippen molar-refractivity contribution in [2.45, 2.75) is 13.0 Å². The van der Waals surface area contributed by atoms with Crippen LogP contribution in [-0.2, 0) is 4.79 Å². The lowest BCUT2D eigenvalue weighted by Crippen LogP contribution is -2.38. The molecule has 0 aliphatic heterocycles. The molecule has 1 rings (SSSR count). The monoisotopic (exact) mass is 238 g/mol. The molecular formula is C12H18N2O3. The van der Waals surface area contributed by atoms with Gasteiger partial charge in [0.05, 0.1) is 7.11 Å². The molecule has 5 heteroatoms. The molecule has 94 valence electrons. The van der Waals surface area contributed by atoms with Crippen molar-refractivity contribution in [3.63, 3.8) is 0 Å². The highest BCUT2D eigenvalue weighted by Gasteiger charge is 2.15. The summed E-state index contributed by atoms with van der Waals surface area (Å²) in [5, 5.41) is 2.66. The predicted molar refractivity (Wildman–Crippen MR) is 65.1 cm³/mol. The van der Waals surface area contributed by atoms with E-state index in [0.717, 1.165) is 0 Å². The maximum Gasteiger partial charge on any atom is 0.260 e. The van der Waals surface area contributed by atoms with Crippen molar-refractivity contribution in [2.24, 2.45) is 5.73 Å². The van der Waals surface area contributed by atoms with E-state index in [0.29, 0.717) is 24.6 Å². The van der Waals surface area contributed by atoms with Gasteiger partial charge in [-0.2, -0.15) is 0 Å². The smallest absolute Gasteiger partial charge is 0.260 e. The maximum absolute atomic E-state index is 11.6. The fourth-order valence-electron chi connectivity index (χ4n) is 1.30. The number of hydrogen-bond donors (Lipinski definition) is 2. The molecule has 0 aliphatic carbocycles. The molecule has 0 aromatic heterocycles. The second kappa shape index (κ2) is 6.75. The third-order valence-corrected chi connectivity index (χ3v) is 2.19. The first-order valence-corrected chi connectivity index (χ1v) is 5.46. The zero-order chi connectivity index (χ0) is 12.7. The molecule has 5 nitrogen and oxygen atoms in total. The van der Waals surface area contributed by atoms with Gasteiger partial charge in [-0.3, -0.25) is 4.79 Å². The molecule has 0 aliphatic rings. The van der Waals surface area contributed by atoms with E-state index < -0.39 is 6.10 Å². The number of para-hydroxylation sites is 2. The number of carbonyl (C=O) groups excluding carboxylic acids is 1. The second-order valence-corrected chi connectivity index (χ2v) is 3.49. The minimum Gasteiger partial charge on any atom is -0.493 e. The van der Waals surface area contributed by atoms with Crippen LogP contribution in [0.5, 0.6) is 11.5 Å². The van der Waals surface area contributed by atoms with Gasteiger partial charge in [0.25, 0.3) is 5.91 Å². The fourth-order valence-corrected chi connectivity index (χ4v) is 1.30. The molecule has 17 heavy (non-hydrogen) atoms. The molecule has 0 saturated carbocycles. The highest BCUT2D eigenvalue weighted by molar-refractivity contribution is 5.80. The van der Waals surface area contributed by atoms with Gasteiger partial charge in [0.15, 0.2) is 17.6 Å². The number of carbonyl (C=O) groups is 1. The van der Waals surface area contributed by atoms with Gasteiger partial charge in [0, 0.05) is 13.1 Å². The Bertz CT molecular complexity index is 369. The molecule has 0 spiro atoms. The normalized spacial score (nSPS) is 11.7. The lowest BCUT2D eigenvalue weighted by atomic mass is 10.3. The van der Waals surface area contributed by atoms with E-state index in [1.54, 1.807) is 26.2 Å². The molecule has 0 heterocycles. The Morgan fingerprint density at radius 1 is 1.41 bits per heavy atom. The molecule has 1 atom stereocenters. The van der Waals surface area contributed by atoms with Crippen LogP contribution in [0.1, 0.15) is 6.92 Å². The van der Waals surface area contributed by atoms with Crippen LogP contribution in [0.3, 0.4) is 0 Å². The minimum atomic E-state index is -0.585. The summed E-state index contributed by atoms with van der Waals surface area (Å²) in [6.45, 7) is 2.53. The van der Waals surface area contributed by atoms with Crippen LogP contribution in [0, 0.1) is 0 Å². The summed E-state index contributed by atoms with van der Waals surface area (Å²) in [5.41, 5.74) is 5.30. The van der Waals surface area contributed by atoms with E-state index in [2.05, 4.69) is 5.32 Å². The number of benzene rings is 1. The number of nitrogens with one attached hydrogen (secondary N) is 1. The van der Waals surface area contributed by atoms with Gasteiger partial charge in [0.2, 0.25) is 0 Å². The standard InChI is InChI=1S/C12H18N2O3/c1-9(12(15)14-8-7-13)17-11-6-4-3-5-10(11)16-2/h3-6,9H,7-8,13H2,1-2H3,(H,14,15). The Morgan fingerprint density at radius 2 is 2.06 bits per heavy atom. The minimum absolute atomic E-state index is 0.193. The first-order valence-electron chi connectivity index (χ1n) is 5.46. The lowest BCUT2D eigenvalue weighted by molar-refractivity contribution is -0.127. The van der Waals surface area contributed by atoms with Crippen LogP contribution in [0.4, 0.5) is 0 Å². The van der Waals surface area contributed by atoms with Crippen LogP contribution < -0.4 is 20.5 Å². The van der Waals surface area contributed by atoms with E-state index in [9.17, 15) is 4.79 Å². The molecule has 0 bridgehead atoms. The maximum atomic E-state index is 11.6. The van der Waals surface area contributed by atoms with E-state index in [-0.39, 0.29) is 5.91 Å². The Hall–Kier alpha value is -1.75. The van der Waals surface area contributed by atoms with Crippen molar-refractivity contribution in [3.8, 4) is 11.5 Å². The van der Waals surface area contributed by atoms with E-state index in [4.69, 9.17) is 15.2 Å². The van der Waals surface area contributed by atoms with Gasteiger partial charge >= 0.3 is 0 Å². The van der Waals surface area contributed by atoms with Crippen molar-refractivity contribution in [2.75, 3.05) is 20.2 Å². The molecular weight excluding hydrogens is 220 g/mol. The summed E-state index contributed by atoms with van der Waals surface area (Å²) in [6, 6.07) is 7.19. The Labute approximate surface area is 101 Å². The molecule has 1 unspecified atom stereocenters. The van der Waals surface area contributed by atoms with Crippen LogP contribution in [0.2, 0.25) is 0 Å². The fraction of sp³-hybridized carbons (Fsp3) is 0.417. The van der Waals surface area contributed by atoms with Crippen molar-refractivity contribution >= 4 is 5.91 Å². The average Bonchev–Trinajstić information content (AvgIpc) is 2.36. The summed E-state index contributed by atoms with van der Waals surface area (Å²) < 4.78 is 10.6. The van der Waals surface area contributed by atoms with Gasteiger partial charge in [-0.1, -0.05) is 12.1 Å². The average molecular weight is 238 g/mol.